The second-order valence-corrected chi connectivity index (χ2v) is 12.1. The number of amides is 2. The molecule has 1 N–H and O–H groups in total. The predicted octanol–water partition coefficient (Wildman–Crippen LogP) is 6.51. The number of rotatable bonds is 4. The highest BCUT2D eigenvalue weighted by molar-refractivity contribution is 6.13. The number of nitrogens with zero attached hydrogens (tertiary/aromatic N) is 2. The summed E-state index contributed by atoms with van der Waals surface area (Å²) < 4.78 is 13.6. The first kappa shape index (κ1) is 26.0. The molecule has 0 spiro atoms. The number of aromatic nitrogens is 1. The van der Waals surface area contributed by atoms with Crippen LogP contribution in [0.1, 0.15) is 103 Å². The number of halogens is 1. The van der Waals surface area contributed by atoms with Crippen LogP contribution in [0.4, 0.5) is 4.39 Å². The average Bonchev–Trinajstić information content (AvgIpc) is 3.73. The second-order valence-electron chi connectivity index (χ2n) is 12.1. The molecule has 2 amide bonds. The van der Waals surface area contributed by atoms with Crippen LogP contribution in [0.25, 0.3) is 11.1 Å². The number of Topliss-reactive ketones (excluding diaryl/α,β-unsaturated/α-hetero) is 1. The van der Waals surface area contributed by atoms with Crippen molar-refractivity contribution in [3.05, 3.63) is 123 Å². The molecule has 3 heterocycles. The Labute approximate surface area is 249 Å². The molecule has 8 rings (SSSR count). The van der Waals surface area contributed by atoms with Crippen molar-refractivity contribution in [3.8, 4) is 11.1 Å². The molecule has 3 atom stereocenters. The van der Waals surface area contributed by atoms with E-state index in [1.165, 1.54) is 23.3 Å². The van der Waals surface area contributed by atoms with Crippen LogP contribution in [0.15, 0.2) is 72.8 Å². The van der Waals surface area contributed by atoms with Crippen molar-refractivity contribution < 1.29 is 18.8 Å². The fourth-order valence-corrected chi connectivity index (χ4v) is 7.63. The number of fused-ring (bicyclic) bond motifs is 5. The summed E-state index contributed by atoms with van der Waals surface area (Å²) in [6, 6.07) is 21.7. The lowest BCUT2D eigenvalue weighted by molar-refractivity contribution is 0.0775. The molecule has 7 heteroatoms. The molecule has 1 aromatic heterocycles. The van der Waals surface area contributed by atoms with Gasteiger partial charge in [0.05, 0.1) is 29.0 Å². The fourth-order valence-electron chi connectivity index (χ4n) is 7.63. The molecule has 0 saturated carbocycles. The molecular formula is C36H30FN3O3. The van der Waals surface area contributed by atoms with E-state index in [1.807, 2.05) is 29.2 Å². The number of ketones is 1. The summed E-state index contributed by atoms with van der Waals surface area (Å²) in [6.07, 6.45) is 4.40. The summed E-state index contributed by atoms with van der Waals surface area (Å²) in [5.41, 5.74) is 7.74. The van der Waals surface area contributed by atoms with E-state index in [4.69, 9.17) is 4.98 Å². The first-order chi connectivity index (χ1) is 21.0. The van der Waals surface area contributed by atoms with Gasteiger partial charge < -0.3 is 10.2 Å². The van der Waals surface area contributed by atoms with Crippen LogP contribution < -0.4 is 5.32 Å². The van der Waals surface area contributed by atoms with E-state index in [-0.39, 0.29) is 47.8 Å². The summed E-state index contributed by atoms with van der Waals surface area (Å²) in [5, 5.41) is 3.18. The first-order valence-electron chi connectivity index (χ1n) is 15.1. The number of benzene rings is 3. The number of hydrogen-bond donors (Lipinski definition) is 1. The van der Waals surface area contributed by atoms with Gasteiger partial charge in [-0.1, -0.05) is 48.5 Å². The third kappa shape index (κ3) is 4.21. The van der Waals surface area contributed by atoms with Crippen LogP contribution in [-0.2, 0) is 12.8 Å². The normalized spacial score (nSPS) is 21.8. The second kappa shape index (κ2) is 9.97. The van der Waals surface area contributed by atoms with Gasteiger partial charge in [0.1, 0.15) is 5.82 Å². The van der Waals surface area contributed by atoms with Gasteiger partial charge >= 0.3 is 0 Å². The number of aryl methyl sites for hydroxylation is 1. The standard InChI is InChI=1S/C36H30FN3O3/c37-25-14-11-20(12-15-25)24-18-28-32(30(41)19-24)31(33-34(38-28)29-6-3-17-40(29)36(33)43)22-7-9-23(10-8-22)35(42)39-27-16-13-21-4-1-2-5-26(21)27/h1-2,4-5,7-12,14-15,24,27,29H,3,6,13,16-19H2,(H,39,42)/t24?,27-,29+/m1/s1. The van der Waals surface area contributed by atoms with E-state index >= 15 is 0 Å². The molecule has 2 aliphatic heterocycles. The van der Waals surface area contributed by atoms with Crippen molar-refractivity contribution in [1.29, 1.82) is 0 Å². The number of carbonyl (C=O) groups excluding carboxylic acids is 3. The zero-order valence-electron chi connectivity index (χ0n) is 23.6. The maximum absolute atomic E-state index is 13.8. The van der Waals surface area contributed by atoms with E-state index < -0.39 is 0 Å². The highest BCUT2D eigenvalue weighted by Gasteiger charge is 2.45. The quantitative estimate of drug-likeness (QED) is 0.303. The highest BCUT2D eigenvalue weighted by atomic mass is 19.1. The van der Waals surface area contributed by atoms with Crippen molar-refractivity contribution >= 4 is 17.6 Å². The molecule has 3 aromatic carbocycles. The van der Waals surface area contributed by atoms with E-state index in [2.05, 4.69) is 17.4 Å². The Morgan fingerprint density at radius 2 is 1.67 bits per heavy atom. The predicted molar refractivity (Wildman–Crippen MR) is 159 cm³/mol. The first-order valence-corrected chi connectivity index (χ1v) is 15.1. The summed E-state index contributed by atoms with van der Waals surface area (Å²) in [6.45, 7) is 0.680. The molecule has 0 radical (unpaired) electrons. The van der Waals surface area contributed by atoms with Crippen molar-refractivity contribution in [1.82, 2.24) is 15.2 Å². The average molecular weight is 572 g/mol. The summed E-state index contributed by atoms with van der Waals surface area (Å²) in [4.78, 5) is 47.7. The van der Waals surface area contributed by atoms with Gasteiger partial charge in [-0.3, -0.25) is 19.4 Å². The maximum Gasteiger partial charge on any atom is 0.257 e. The SMILES string of the molecule is O=C(N[C@@H]1CCc2ccccc21)c1ccc(-c2c3c(nc4c2C(=O)N2CCC[C@@H]42)CC(c2ccc(F)cc2)CC3=O)cc1. The van der Waals surface area contributed by atoms with Gasteiger partial charge in [0.2, 0.25) is 0 Å². The Bertz CT molecular complexity index is 1820. The lowest BCUT2D eigenvalue weighted by Crippen LogP contribution is -2.27. The third-order valence-electron chi connectivity index (χ3n) is 9.71. The molecule has 6 nitrogen and oxygen atoms in total. The van der Waals surface area contributed by atoms with Gasteiger partial charge in [0.25, 0.3) is 11.8 Å². The molecule has 1 fully saturated rings. The number of hydrogen-bond acceptors (Lipinski definition) is 4. The minimum Gasteiger partial charge on any atom is -0.345 e. The Morgan fingerprint density at radius 3 is 2.49 bits per heavy atom. The number of nitrogens with one attached hydrogen (secondary N) is 1. The number of pyridine rings is 1. The van der Waals surface area contributed by atoms with E-state index in [0.717, 1.165) is 42.5 Å². The van der Waals surface area contributed by atoms with Crippen LogP contribution in [0.3, 0.4) is 0 Å². The summed E-state index contributed by atoms with van der Waals surface area (Å²) in [7, 11) is 0. The Hall–Kier alpha value is -4.65. The van der Waals surface area contributed by atoms with E-state index in [1.54, 1.807) is 24.3 Å². The smallest absolute Gasteiger partial charge is 0.257 e. The monoisotopic (exact) mass is 571 g/mol. The van der Waals surface area contributed by atoms with Gasteiger partial charge in [0.15, 0.2) is 5.78 Å². The van der Waals surface area contributed by atoms with Crippen LogP contribution >= 0.6 is 0 Å². The summed E-state index contributed by atoms with van der Waals surface area (Å²) in [5.74, 6) is -0.706. The fraction of sp³-hybridized carbons (Fsp3) is 0.278. The van der Waals surface area contributed by atoms with Crippen molar-refractivity contribution in [3.63, 3.8) is 0 Å². The molecular weight excluding hydrogens is 541 g/mol. The van der Waals surface area contributed by atoms with Crippen LogP contribution in [-0.4, -0.2) is 34.0 Å². The minimum absolute atomic E-state index is 0.0170. The third-order valence-corrected chi connectivity index (χ3v) is 9.71. The molecule has 43 heavy (non-hydrogen) atoms. The molecule has 0 bridgehead atoms. The van der Waals surface area contributed by atoms with Gasteiger partial charge in [-0.05, 0) is 84.5 Å². The lowest BCUT2D eigenvalue weighted by Gasteiger charge is -2.27. The molecule has 2 aliphatic carbocycles. The van der Waals surface area contributed by atoms with Crippen LogP contribution in [0.5, 0.6) is 0 Å². The van der Waals surface area contributed by atoms with Gasteiger partial charge in [-0.2, -0.15) is 0 Å². The van der Waals surface area contributed by atoms with Crippen molar-refractivity contribution in [2.45, 2.75) is 56.5 Å². The zero-order valence-corrected chi connectivity index (χ0v) is 23.6. The highest BCUT2D eigenvalue weighted by Crippen LogP contribution is 2.47. The van der Waals surface area contributed by atoms with Gasteiger partial charge in [0, 0.05) is 29.7 Å². The molecule has 1 saturated heterocycles. The van der Waals surface area contributed by atoms with E-state index in [9.17, 15) is 18.8 Å². The Morgan fingerprint density at radius 1 is 0.884 bits per heavy atom. The minimum atomic E-state index is -0.311. The number of carbonyl (C=O) groups is 3. The maximum atomic E-state index is 13.8. The van der Waals surface area contributed by atoms with Crippen molar-refractivity contribution in [2.75, 3.05) is 6.54 Å². The van der Waals surface area contributed by atoms with E-state index in [0.29, 0.717) is 40.9 Å². The largest absolute Gasteiger partial charge is 0.345 e. The Balaban J connectivity index is 1.17. The molecule has 214 valence electrons. The summed E-state index contributed by atoms with van der Waals surface area (Å²) >= 11 is 0. The Kier molecular flexibility index (Phi) is 6.03. The van der Waals surface area contributed by atoms with Crippen LogP contribution in [0, 0.1) is 5.82 Å². The molecule has 1 unspecified atom stereocenters. The molecule has 4 aromatic rings. The molecule has 4 aliphatic rings. The zero-order chi connectivity index (χ0) is 29.2. The lowest BCUT2D eigenvalue weighted by atomic mass is 9.77. The van der Waals surface area contributed by atoms with Crippen LogP contribution in [0.2, 0.25) is 0 Å². The van der Waals surface area contributed by atoms with Gasteiger partial charge in [-0.15, -0.1) is 0 Å². The van der Waals surface area contributed by atoms with Crippen molar-refractivity contribution in [2.24, 2.45) is 0 Å². The topological polar surface area (TPSA) is 79.4 Å². The van der Waals surface area contributed by atoms with Gasteiger partial charge in [-0.25, -0.2) is 4.39 Å².